The average Bonchev–Trinajstić information content (AvgIpc) is 2.98. The Kier molecular flexibility index (Phi) is 2.68. The van der Waals surface area contributed by atoms with Crippen molar-refractivity contribution < 1.29 is 0 Å². The van der Waals surface area contributed by atoms with Crippen LogP contribution in [0.1, 0.15) is 5.82 Å². The Morgan fingerprint density at radius 3 is 3.06 bits per heavy atom. The van der Waals surface area contributed by atoms with Crippen LogP contribution in [0.3, 0.4) is 0 Å². The van der Waals surface area contributed by atoms with Gasteiger partial charge in [-0.15, -0.1) is 0 Å². The number of pyridine rings is 1. The van der Waals surface area contributed by atoms with Crippen LogP contribution in [0.4, 0.5) is 5.82 Å². The molecule has 0 spiro atoms. The molecule has 0 bridgehead atoms. The van der Waals surface area contributed by atoms with Gasteiger partial charge in [0.1, 0.15) is 17.8 Å². The Morgan fingerprint density at radius 2 is 2.22 bits per heavy atom. The molecule has 0 unspecified atom stereocenters. The summed E-state index contributed by atoms with van der Waals surface area (Å²) >= 11 is 0. The van der Waals surface area contributed by atoms with Gasteiger partial charge >= 0.3 is 0 Å². The minimum absolute atomic E-state index is 0.793. The van der Waals surface area contributed by atoms with Crippen molar-refractivity contribution in [3.05, 3.63) is 42.7 Å². The number of anilines is 1. The number of aromatic nitrogens is 5. The molecule has 0 aliphatic rings. The van der Waals surface area contributed by atoms with E-state index in [9.17, 15) is 0 Å². The lowest BCUT2D eigenvalue weighted by Crippen LogP contribution is -2.09. The van der Waals surface area contributed by atoms with Crippen molar-refractivity contribution in [3.63, 3.8) is 0 Å². The molecule has 92 valence electrons. The summed E-state index contributed by atoms with van der Waals surface area (Å²) in [6.45, 7) is 0.793. The fraction of sp³-hybridized carbons (Fsp3) is 0.250. The molecule has 0 saturated heterocycles. The molecular formula is C12H14N6. The minimum atomic E-state index is 0.793. The molecule has 0 aromatic carbocycles. The van der Waals surface area contributed by atoms with Crippen molar-refractivity contribution in [1.82, 2.24) is 24.1 Å². The van der Waals surface area contributed by atoms with Crippen LogP contribution in [-0.2, 0) is 13.5 Å². The third-order valence-corrected chi connectivity index (χ3v) is 2.73. The van der Waals surface area contributed by atoms with Crippen LogP contribution in [0.15, 0.2) is 36.9 Å². The number of hydrogen-bond acceptors (Lipinski definition) is 4. The van der Waals surface area contributed by atoms with Crippen LogP contribution < -0.4 is 5.32 Å². The lowest BCUT2D eigenvalue weighted by molar-refractivity contribution is 0.741. The van der Waals surface area contributed by atoms with E-state index in [1.165, 1.54) is 0 Å². The van der Waals surface area contributed by atoms with E-state index in [0.717, 1.165) is 30.3 Å². The first-order chi connectivity index (χ1) is 8.83. The summed E-state index contributed by atoms with van der Waals surface area (Å²) in [7, 11) is 1.87. The van der Waals surface area contributed by atoms with Gasteiger partial charge in [-0.1, -0.05) is 6.07 Å². The van der Waals surface area contributed by atoms with Gasteiger partial charge in [-0.2, -0.15) is 5.10 Å². The number of fused-ring (bicyclic) bond motifs is 1. The Hall–Kier alpha value is -2.37. The Balaban J connectivity index is 1.68. The lowest BCUT2D eigenvalue weighted by atomic mass is 10.4. The van der Waals surface area contributed by atoms with Crippen LogP contribution in [0.2, 0.25) is 0 Å². The van der Waals surface area contributed by atoms with E-state index in [4.69, 9.17) is 0 Å². The molecule has 6 nitrogen and oxygen atoms in total. The molecule has 0 atom stereocenters. The number of aryl methyl sites for hydroxylation is 1. The lowest BCUT2D eigenvalue weighted by Gasteiger charge is -2.07. The summed E-state index contributed by atoms with van der Waals surface area (Å²) in [5.41, 5.74) is 0.941. The zero-order valence-corrected chi connectivity index (χ0v) is 10.1. The van der Waals surface area contributed by atoms with E-state index in [-0.39, 0.29) is 0 Å². The first-order valence-electron chi connectivity index (χ1n) is 5.83. The van der Waals surface area contributed by atoms with Crippen LogP contribution in [-0.4, -0.2) is 30.7 Å². The Bertz CT molecular complexity index is 653. The van der Waals surface area contributed by atoms with Crippen molar-refractivity contribution in [2.24, 2.45) is 7.05 Å². The molecule has 0 aliphatic carbocycles. The van der Waals surface area contributed by atoms with E-state index < -0.39 is 0 Å². The van der Waals surface area contributed by atoms with Crippen LogP contribution in [0.5, 0.6) is 0 Å². The minimum Gasteiger partial charge on any atom is -0.371 e. The van der Waals surface area contributed by atoms with E-state index in [2.05, 4.69) is 20.4 Å². The van der Waals surface area contributed by atoms with Gasteiger partial charge < -0.3 is 5.32 Å². The number of nitrogens with one attached hydrogen (secondary N) is 1. The third-order valence-electron chi connectivity index (χ3n) is 2.73. The molecule has 3 aromatic heterocycles. The average molecular weight is 242 g/mol. The summed E-state index contributed by atoms with van der Waals surface area (Å²) in [6, 6.07) is 6.00. The van der Waals surface area contributed by atoms with E-state index >= 15 is 0 Å². The standard InChI is InChI=1S/C12H14N6/c1-17-9-15-10(16-17)5-6-13-11-3-2-4-12-14-7-8-18(11)12/h2-4,7-9,13H,5-6H2,1H3. The number of rotatable bonds is 4. The highest BCUT2D eigenvalue weighted by molar-refractivity contribution is 5.49. The SMILES string of the molecule is Cn1cnc(CCNc2cccc3nccn23)n1. The second-order valence-electron chi connectivity index (χ2n) is 4.08. The maximum absolute atomic E-state index is 4.24. The Morgan fingerprint density at radius 1 is 1.28 bits per heavy atom. The van der Waals surface area contributed by atoms with E-state index in [0.29, 0.717) is 0 Å². The van der Waals surface area contributed by atoms with Gasteiger partial charge in [-0.05, 0) is 12.1 Å². The normalized spacial score (nSPS) is 10.9. The van der Waals surface area contributed by atoms with E-state index in [1.807, 2.05) is 35.8 Å². The topological polar surface area (TPSA) is 60.0 Å². The zero-order valence-electron chi connectivity index (χ0n) is 10.1. The van der Waals surface area contributed by atoms with Gasteiger partial charge in [0.05, 0.1) is 0 Å². The van der Waals surface area contributed by atoms with Gasteiger partial charge in [0.25, 0.3) is 0 Å². The molecular weight excluding hydrogens is 228 g/mol. The molecule has 0 saturated carbocycles. The Labute approximate surface area is 104 Å². The fourth-order valence-corrected chi connectivity index (χ4v) is 1.89. The van der Waals surface area contributed by atoms with Crippen LogP contribution >= 0.6 is 0 Å². The maximum Gasteiger partial charge on any atom is 0.152 e. The first kappa shape index (κ1) is 10.8. The van der Waals surface area contributed by atoms with Crippen molar-refractivity contribution in [1.29, 1.82) is 0 Å². The van der Waals surface area contributed by atoms with Crippen LogP contribution in [0, 0.1) is 0 Å². The predicted molar refractivity (Wildman–Crippen MR) is 68.4 cm³/mol. The summed E-state index contributed by atoms with van der Waals surface area (Å²) < 4.78 is 3.73. The summed E-state index contributed by atoms with van der Waals surface area (Å²) in [5, 5.41) is 7.61. The zero-order chi connectivity index (χ0) is 12.4. The van der Waals surface area contributed by atoms with Crippen LogP contribution in [0.25, 0.3) is 5.65 Å². The predicted octanol–water partition coefficient (Wildman–Crippen LogP) is 1.12. The summed E-state index contributed by atoms with van der Waals surface area (Å²) in [5.74, 6) is 1.88. The van der Waals surface area contributed by atoms with Gasteiger partial charge in [0, 0.05) is 32.4 Å². The second kappa shape index (κ2) is 4.48. The highest BCUT2D eigenvalue weighted by atomic mass is 15.3. The van der Waals surface area contributed by atoms with Crippen molar-refractivity contribution >= 4 is 11.5 Å². The quantitative estimate of drug-likeness (QED) is 0.744. The molecule has 0 fully saturated rings. The molecule has 1 N–H and O–H groups in total. The van der Waals surface area contributed by atoms with Crippen molar-refractivity contribution in [2.45, 2.75) is 6.42 Å². The van der Waals surface area contributed by atoms with Crippen molar-refractivity contribution in [3.8, 4) is 0 Å². The third kappa shape index (κ3) is 2.04. The van der Waals surface area contributed by atoms with Gasteiger partial charge in [0.2, 0.25) is 0 Å². The second-order valence-corrected chi connectivity index (χ2v) is 4.08. The number of nitrogens with zero attached hydrogens (tertiary/aromatic N) is 5. The summed E-state index contributed by atoms with van der Waals surface area (Å²) in [6.07, 6.45) is 6.25. The molecule has 0 amide bonds. The largest absolute Gasteiger partial charge is 0.371 e. The smallest absolute Gasteiger partial charge is 0.152 e. The molecule has 0 aliphatic heterocycles. The van der Waals surface area contributed by atoms with Gasteiger partial charge in [-0.3, -0.25) is 9.08 Å². The molecule has 3 heterocycles. The molecule has 18 heavy (non-hydrogen) atoms. The van der Waals surface area contributed by atoms with Crippen molar-refractivity contribution in [2.75, 3.05) is 11.9 Å². The molecule has 6 heteroatoms. The maximum atomic E-state index is 4.24. The highest BCUT2D eigenvalue weighted by Crippen LogP contribution is 2.10. The van der Waals surface area contributed by atoms with E-state index in [1.54, 1.807) is 17.2 Å². The number of imidazole rings is 1. The first-order valence-corrected chi connectivity index (χ1v) is 5.83. The molecule has 3 aromatic rings. The highest BCUT2D eigenvalue weighted by Gasteiger charge is 2.01. The molecule has 0 radical (unpaired) electrons. The van der Waals surface area contributed by atoms with Gasteiger partial charge in [-0.25, -0.2) is 9.97 Å². The summed E-state index contributed by atoms with van der Waals surface area (Å²) in [4.78, 5) is 8.44. The molecule has 3 rings (SSSR count). The fourth-order valence-electron chi connectivity index (χ4n) is 1.89. The van der Waals surface area contributed by atoms with Gasteiger partial charge in [0.15, 0.2) is 5.82 Å². The number of hydrogen-bond donors (Lipinski definition) is 1. The monoisotopic (exact) mass is 242 g/mol.